The van der Waals surface area contributed by atoms with Crippen molar-refractivity contribution in [2.24, 2.45) is 0 Å². The Morgan fingerprint density at radius 2 is 1.73 bits per heavy atom. The molecule has 5 rings (SSSR count). The Balaban J connectivity index is 1.65. The Morgan fingerprint density at radius 1 is 0.951 bits per heavy atom. The number of rotatable bonds is 11. The van der Waals surface area contributed by atoms with Crippen molar-refractivity contribution in [1.29, 1.82) is 0 Å². The third kappa shape index (κ3) is 6.01. The van der Waals surface area contributed by atoms with E-state index in [1.165, 1.54) is 6.26 Å². The zero-order chi connectivity index (χ0) is 28.8. The first-order valence-corrected chi connectivity index (χ1v) is 14.7. The van der Waals surface area contributed by atoms with Gasteiger partial charge in [0, 0.05) is 23.3 Å². The van der Waals surface area contributed by atoms with Crippen LogP contribution in [0.1, 0.15) is 35.7 Å². The van der Waals surface area contributed by atoms with Crippen LogP contribution in [0.25, 0.3) is 34.7 Å². The summed E-state index contributed by atoms with van der Waals surface area (Å²) in [4.78, 5) is 4.40. The molecule has 8 nitrogen and oxygen atoms in total. The van der Waals surface area contributed by atoms with Gasteiger partial charge in [0.1, 0.15) is 13.0 Å². The maximum Gasteiger partial charge on any atom is 0.269 e. The molecule has 0 unspecified atom stereocenters. The summed E-state index contributed by atoms with van der Waals surface area (Å²) in [5.41, 5.74) is 5.09. The number of aromatic nitrogens is 2. The molecule has 210 valence electrons. The van der Waals surface area contributed by atoms with E-state index in [0.717, 1.165) is 33.0 Å². The lowest BCUT2D eigenvalue weighted by Gasteiger charge is -2.23. The van der Waals surface area contributed by atoms with E-state index in [2.05, 4.69) is 10.1 Å². The first-order chi connectivity index (χ1) is 19.9. The van der Waals surface area contributed by atoms with E-state index in [9.17, 15) is 8.42 Å². The van der Waals surface area contributed by atoms with Gasteiger partial charge in [0.15, 0.2) is 0 Å². The van der Waals surface area contributed by atoms with Crippen molar-refractivity contribution < 1.29 is 22.1 Å². The van der Waals surface area contributed by atoms with Crippen LogP contribution in [0.3, 0.4) is 0 Å². The number of sulfonamides is 1. The van der Waals surface area contributed by atoms with Gasteiger partial charge in [-0.1, -0.05) is 78.8 Å². The van der Waals surface area contributed by atoms with Crippen molar-refractivity contribution in [3.63, 3.8) is 0 Å². The lowest BCUT2D eigenvalue weighted by molar-refractivity contribution is 0.141. The molecule has 5 aromatic rings. The summed E-state index contributed by atoms with van der Waals surface area (Å²) in [7, 11) is -4.14. The number of oxazole rings is 1. The van der Waals surface area contributed by atoms with Crippen molar-refractivity contribution in [2.45, 2.75) is 32.1 Å². The normalized spacial score (nSPS) is 11.8. The topological polar surface area (TPSA) is 98.7 Å². The lowest BCUT2D eigenvalue weighted by Crippen LogP contribution is -2.34. The molecule has 0 spiro atoms. The number of aryl methyl sites for hydroxylation is 1. The highest BCUT2D eigenvalue weighted by Crippen LogP contribution is 2.37. The second kappa shape index (κ2) is 12.4. The average molecular weight is 570 g/mol. The minimum absolute atomic E-state index is 0.117. The molecule has 0 saturated carbocycles. The monoisotopic (exact) mass is 569 g/mol. The summed E-state index contributed by atoms with van der Waals surface area (Å²) < 4.78 is 46.6. The van der Waals surface area contributed by atoms with Crippen molar-refractivity contribution in [3.05, 3.63) is 108 Å². The Hall–Kier alpha value is -4.47. The van der Waals surface area contributed by atoms with Gasteiger partial charge in [0.2, 0.25) is 11.8 Å². The smallest absolute Gasteiger partial charge is 0.269 e. The second-order valence-electron chi connectivity index (χ2n) is 9.47. The van der Waals surface area contributed by atoms with Crippen LogP contribution < -0.4 is 4.31 Å². The summed E-state index contributed by atoms with van der Waals surface area (Å²) in [6.07, 6.45) is 7.81. The minimum atomic E-state index is -4.14. The second-order valence-corrected chi connectivity index (χ2v) is 11.3. The Kier molecular flexibility index (Phi) is 8.47. The molecule has 2 aromatic heterocycles. The van der Waals surface area contributed by atoms with Crippen molar-refractivity contribution >= 4 is 28.1 Å². The highest BCUT2D eigenvalue weighted by molar-refractivity contribution is 7.93. The van der Waals surface area contributed by atoms with Gasteiger partial charge in [0.25, 0.3) is 10.0 Å². The fourth-order valence-corrected chi connectivity index (χ4v) is 5.94. The summed E-state index contributed by atoms with van der Waals surface area (Å²) in [6.45, 7) is 5.71. The van der Waals surface area contributed by atoms with E-state index < -0.39 is 10.0 Å². The minimum Gasteiger partial charge on any atom is -0.445 e. The average Bonchev–Trinajstić information content (AvgIpc) is 3.65. The SMILES string of the molecule is CCCOCN(c1onc(C)c1C)S(=O)(=O)c1ccccc1-c1ccc(-c2ncco2)cc1/C=C\c1ccccc1. The third-order valence-electron chi connectivity index (χ3n) is 6.65. The van der Waals surface area contributed by atoms with Crippen LogP contribution in [0.5, 0.6) is 0 Å². The van der Waals surface area contributed by atoms with E-state index in [1.54, 1.807) is 38.2 Å². The van der Waals surface area contributed by atoms with Gasteiger partial charge in [-0.2, -0.15) is 0 Å². The Bertz CT molecular complexity index is 1740. The molecule has 0 amide bonds. The number of nitrogens with zero attached hydrogens (tertiary/aromatic N) is 3. The molecule has 0 aliphatic carbocycles. The van der Waals surface area contributed by atoms with E-state index in [-0.39, 0.29) is 17.5 Å². The molecule has 0 atom stereocenters. The number of benzene rings is 3. The summed E-state index contributed by atoms with van der Waals surface area (Å²) in [5, 5.41) is 3.99. The molecule has 3 aromatic carbocycles. The van der Waals surface area contributed by atoms with Crippen LogP contribution >= 0.6 is 0 Å². The highest BCUT2D eigenvalue weighted by Gasteiger charge is 2.32. The molecule has 0 radical (unpaired) electrons. The third-order valence-corrected chi connectivity index (χ3v) is 8.41. The molecule has 41 heavy (non-hydrogen) atoms. The van der Waals surface area contributed by atoms with Crippen LogP contribution in [0.15, 0.2) is 99.1 Å². The van der Waals surface area contributed by atoms with E-state index in [0.29, 0.717) is 29.3 Å². The maximum atomic E-state index is 14.3. The molecule has 0 fully saturated rings. The largest absolute Gasteiger partial charge is 0.445 e. The van der Waals surface area contributed by atoms with E-state index >= 15 is 0 Å². The molecule has 0 bridgehead atoms. The van der Waals surface area contributed by atoms with Crippen LogP contribution in [0.2, 0.25) is 0 Å². The molecule has 2 heterocycles. The maximum absolute atomic E-state index is 14.3. The lowest BCUT2D eigenvalue weighted by atomic mass is 9.96. The van der Waals surface area contributed by atoms with Gasteiger partial charge >= 0.3 is 0 Å². The highest BCUT2D eigenvalue weighted by atomic mass is 32.2. The Labute approximate surface area is 240 Å². The number of ether oxygens (including phenoxy) is 1. The summed E-state index contributed by atoms with van der Waals surface area (Å²) in [6, 6.07) is 22.5. The van der Waals surface area contributed by atoms with Crippen LogP contribution in [0, 0.1) is 13.8 Å². The molecule has 0 aliphatic rings. The fraction of sp³-hybridized carbons (Fsp3) is 0.188. The van der Waals surface area contributed by atoms with Crippen molar-refractivity contribution in [1.82, 2.24) is 10.1 Å². The van der Waals surface area contributed by atoms with Gasteiger partial charge in [0.05, 0.1) is 16.8 Å². The van der Waals surface area contributed by atoms with Crippen molar-refractivity contribution in [2.75, 3.05) is 17.6 Å². The van der Waals surface area contributed by atoms with Crippen molar-refractivity contribution in [3.8, 4) is 22.6 Å². The summed E-state index contributed by atoms with van der Waals surface area (Å²) in [5.74, 6) is 0.610. The number of anilines is 1. The van der Waals surface area contributed by atoms with Crippen LogP contribution in [-0.4, -0.2) is 31.9 Å². The zero-order valence-electron chi connectivity index (χ0n) is 23.2. The molecule has 9 heteroatoms. The molecule has 0 N–H and O–H groups in total. The standard InChI is InChI=1S/C32H31N3O5S/c1-4-19-38-22-35(32-23(2)24(3)34-40-32)41(36,37)30-13-9-8-12-29(30)28-17-16-27(31-33-18-20-39-31)21-26(28)15-14-25-10-6-5-7-11-25/h5-18,20-21H,4,19,22H2,1-3H3/b15-14-. The van der Waals surface area contributed by atoms with E-state index in [1.807, 2.05) is 73.7 Å². The van der Waals surface area contributed by atoms with Gasteiger partial charge in [-0.25, -0.2) is 17.7 Å². The number of hydrogen-bond donors (Lipinski definition) is 0. The number of hydrogen-bond acceptors (Lipinski definition) is 7. The van der Waals surface area contributed by atoms with Gasteiger partial charge in [-0.15, -0.1) is 0 Å². The fourth-order valence-electron chi connectivity index (χ4n) is 4.39. The first-order valence-electron chi connectivity index (χ1n) is 13.3. The van der Waals surface area contributed by atoms with Crippen LogP contribution in [0.4, 0.5) is 5.88 Å². The zero-order valence-corrected chi connectivity index (χ0v) is 24.0. The van der Waals surface area contributed by atoms with Crippen LogP contribution in [-0.2, 0) is 14.8 Å². The van der Waals surface area contributed by atoms with Gasteiger partial charge in [-0.3, -0.25) is 0 Å². The molecular weight excluding hydrogens is 538 g/mol. The predicted molar refractivity (Wildman–Crippen MR) is 159 cm³/mol. The molecular formula is C32H31N3O5S. The Morgan fingerprint density at radius 3 is 2.44 bits per heavy atom. The summed E-state index contributed by atoms with van der Waals surface area (Å²) >= 11 is 0. The van der Waals surface area contributed by atoms with E-state index in [4.69, 9.17) is 13.7 Å². The quantitative estimate of drug-likeness (QED) is 0.0931. The van der Waals surface area contributed by atoms with Gasteiger partial charge in [-0.05, 0) is 55.2 Å². The molecule has 0 saturated heterocycles. The predicted octanol–water partition coefficient (Wildman–Crippen LogP) is 7.36. The molecule has 0 aliphatic heterocycles. The first kappa shape index (κ1) is 28.1. The van der Waals surface area contributed by atoms with Gasteiger partial charge < -0.3 is 13.7 Å².